The van der Waals surface area contributed by atoms with Crippen LogP contribution in [0.1, 0.15) is 23.6 Å². The number of hydrogen-bond donors (Lipinski definition) is 1. The maximum atomic E-state index is 11.8. The normalized spacial score (nSPS) is 11.1. The van der Waals surface area contributed by atoms with Crippen molar-refractivity contribution in [3.05, 3.63) is 65.2 Å². The molecule has 0 unspecified atom stereocenters. The number of amides is 1. The van der Waals surface area contributed by atoms with E-state index in [0.717, 1.165) is 22.4 Å². The molecule has 22 heavy (non-hydrogen) atoms. The SMILES string of the molecule is CC(=NNC(=O)COc1ccc(C)cc1C)c1ccccc1. The van der Waals surface area contributed by atoms with Crippen molar-refractivity contribution in [3.8, 4) is 5.75 Å². The number of nitrogens with one attached hydrogen (secondary N) is 1. The first-order chi connectivity index (χ1) is 10.6. The first-order valence-electron chi connectivity index (χ1n) is 7.15. The molecule has 0 aliphatic carbocycles. The third kappa shape index (κ3) is 4.45. The van der Waals surface area contributed by atoms with E-state index in [2.05, 4.69) is 10.5 Å². The lowest BCUT2D eigenvalue weighted by molar-refractivity contribution is -0.123. The molecule has 0 atom stereocenters. The zero-order valence-electron chi connectivity index (χ0n) is 13.1. The highest BCUT2D eigenvalue weighted by atomic mass is 16.5. The molecule has 0 aliphatic rings. The smallest absolute Gasteiger partial charge is 0.277 e. The molecule has 1 amide bonds. The highest BCUT2D eigenvalue weighted by Crippen LogP contribution is 2.18. The maximum Gasteiger partial charge on any atom is 0.277 e. The van der Waals surface area contributed by atoms with Gasteiger partial charge in [0.15, 0.2) is 6.61 Å². The molecule has 0 saturated carbocycles. The molecule has 0 radical (unpaired) electrons. The predicted molar refractivity (Wildman–Crippen MR) is 88.2 cm³/mol. The summed E-state index contributed by atoms with van der Waals surface area (Å²) in [4.78, 5) is 11.8. The Morgan fingerprint density at radius 3 is 2.55 bits per heavy atom. The summed E-state index contributed by atoms with van der Waals surface area (Å²) in [5.74, 6) is 0.430. The van der Waals surface area contributed by atoms with Crippen LogP contribution < -0.4 is 10.2 Å². The molecule has 0 aromatic heterocycles. The summed E-state index contributed by atoms with van der Waals surface area (Å²) in [5.41, 5.74) is 6.40. The molecule has 2 rings (SSSR count). The van der Waals surface area contributed by atoms with Crippen molar-refractivity contribution in [3.63, 3.8) is 0 Å². The van der Waals surface area contributed by atoms with Gasteiger partial charge in [-0.15, -0.1) is 0 Å². The topological polar surface area (TPSA) is 50.7 Å². The van der Waals surface area contributed by atoms with E-state index in [4.69, 9.17) is 4.74 Å². The van der Waals surface area contributed by atoms with Gasteiger partial charge in [-0.1, -0.05) is 48.0 Å². The van der Waals surface area contributed by atoms with E-state index in [-0.39, 0.29) is 12.5 Å². The molecule has 1 N–H and O–H groups in total. The van der Waals surface area contributed by atoms with Crippen molar-refractivity contribution in [1.29, 1.82) is 0 Å². The second-order valence-corrected chi connectivity index (χ2v) is 5.16. The molecular weight excluding hydrogens is 276 g/mol. The average molecular weight is 296 g/mol. The molecule has 0 fully saturated rings. The van der Waals surface area contributed by atoms with Gasteiger partial charge in [0, 0.05) is 0 Å². The minimum atomic E-state index is -0.282. The van der Waals surface area contributed by atoms with E-state index < -0.39 is 0 Å². The first kappa shape index (κ1) is 15.8. The number of carbonyl (C=O) groups is 1. The van der Waals surface area contributed by atoms with Gasteiger partial charge in [-0.25, -0.2) is 5.43 Å². The predicted octanol–water partition coefficient (Wildman–Crippen LogP) is 3.22. The van der Waals surface area contributed by atoms with Crippen LogP contribution in [0.2, 0.25) is 0 Å². The average Bonchev–Trinajstić information content (AvgIpc) is 2.52. The van der Waals surface area contributed by atoms with Gasteiger partial charge >= 0.3 is 0 Å². The van der Waals surface area contributed by atoms with E-state index in [1.165, 1.54) is 0 Å². The first-order valence-corrected chi connectivity index (χ1v) is 7.15. The molecule has 0 bridgehead atoms. The monoisotopic (exact) mass is 296 g/mol. The molecule has 114 valence electrons. The van der Waals surface area contributed by atoms with E-state index in [1.807, 2.05) is 69.3 Å². The number of benzene rings is 2. The summed E-state index contributed by atoms with van der Waals surface area (Å²) in [5, 5.41) is 4.08. The molecule has 0 saturated heterocycles. The molecule has 2 aromatic carbocycles. The Kier molecular flexibility index (Phi) is 5.31. The fourth-order valence-electron chi connectivity index (χ4n) is 2.03. The number of ether oxygens (including phenoxy) is 1. The summed E-state index contributed by atoms with van der Waals surface area (Å²) in [6.07, 6.45) is 0. The highest BCUT2D eigenvalue weighted by molar-refractivity contribution is 5.99. The molecular formula is C18H20N2O2. The number of hydrogen-bond acceptors (Lipinski definition) is 3. The molecule has 2 aromatic rings. The van der Waals surface area contributed by atoms with Gasteiger partial charge in [0.2, 0.25) is 0 Å². The number of rotatable bonds is 5. The van der Waals surface area contributed by atoms with Crippen molar-refractivity contribution in [2.75, 3.05) is 6.61 Å². The Morgan fingerprint density at radius 2 is 1.86 bits per heavy atom. The maximum absolute atomic E-state index is 11.8. The summed E-state index contributed by atoms with van der Waals surface area (Å²) in [6.45, 7) is 5.76. The van der Waals surface area contributed by atoms with Crippen molar-refractivity contribution in [2.45, 2.75) is 20.8 Å². The molecule has 4 nitrogen and oxygen atoms in total. The highest BCUT2D eigenvalue weighted by Gasteiger charge is 2.05. The number of aryl methyl sites for hydroxylation is 2. The van der Waals surface area contributed by atoms with Crippen molar-refractivity contribution in [1.82, 2.24) is 5.43 Å². The van der Waals surface area contributed by atoms with Crippen LogP contribution in [0.25, 0.3) is 0 Å². The lowest BCUT2D eigenvalue weighted by Crippen LogP contribution is -2.25. The van der Waals surface area contributed by atoms with E-state index >= 15 is 0 Å². The van der Waals surface area contributed by atoms with Crippen LogP contribution in [0, 0.1) is 13.8 Å². The van der Waals surface area contributed by atoms with Gasteiger partial charge in [0.1, 0.15) is 5.75 Å². The quantitative estimate of drug-likeness (QED) is 0.680. The van der Waals surface area contributed by atoms with E-state index in [1.54, 1.807) is 0 Å². The number of carbonyl (C=O) groups excluding carboxylic acids is 1. The fraction of sp³-hybridized carbons (Fsp3) is 0.222. The summed E-state index contributed by atoms with van der Waals surface area (Å²) in [7, 11) is 0. The minimum Gasteiger partial charge on any atom is -0.483 e. The summed E-state index contributed by atoms with van der Waals surface area (Å²) < 4.78 is 5.51. The van der Waals surface area contributed by atoms with Gasteiger partial charge in [-0.2, -0.15) is 5.10 Å². The standard InChI is InChI=1S/C18H20N2O2/c1-13-9-10-17(14(2)11-13)22-12-18(21)20-19-15(3)16-7-5-4-6-8-16/h4-11H,12H2,1-3H3,(H,20,21). The Morgan fingerprint density at radius 1 is 1.14 bits per heavy atom. The van der Waals surface area contributed by atoms with Gasteiger partial charge in [-0.3, -0.25) is 4.79 Å². The molecule has 0 aliphatic heterocycles. The van der Waals surface area contributed by atoms with Crippen LogP contribution >= 0.6 is 0 Å². The third-order valence-electron chi connectivity index (χ3n) is 3.23. The zero-order chi connectivity index (χ0) is 15.9. The van der Waals surface area contributed by atoms with Gasteiger partial charge < -0.3 is 4.74 Å². The third-order valence-corrected chi connectivity index (χ3v) is 3.23. The molecule has 0 spiro atoms. The lowest BCUT2D eigenvalue weighted by Gasteiger charge is -2.09. The van der Waals surface area contributed by atoms with E-state index in [9.17, 15) is 4.79 Å². The van der Waals surface area contributed by atoms with Gasteiger partial charge in [0.05, 0.1) is 5.71 Å². The second-order valence-electron chi connectivity index (χ2n) is 5.16. The Bertz CT molecular complexity index is 679. The number of nitrogens with zero attached hydrogens (tertiary/aromatic N) is 1. The molecule has 0 heterocycles. The summed E-state index contributed by atoms with van der Waals surface area (Å²) >= 11 is 0. The van der Waals surface area contributed by atoms with Crippen LogP contribution in [0.5, 0.6) is 5.75 Å². The van der Waals surface area contributed by atoms with Gasteiger partial charge in [0.25, 0.3) is 5.91 Å². The molecule has 4 heteroatoms. The largest absolute Gasteiger partial charge is 0.483 e. The van der Waals surface area contributed by atoms with Crippen molar-refractivity contribution < 1.29 is 9.53 Å². The minimum absolute atomic E-state index is 0.0600. The van der Waals surface area contributed by atoms with Crippen LogP contribution in [0.3, 0.4) is 0 Å². The van der Waals surface area contributed by atoms with Crippen LogP contribution in [0.4, 0.5) is 0 Å². The van der Waals surface area contributed by atoms with Crippen molar-refractivity contribution in [2.24, 2.45) is 5.10 Å². The van der Waals surface area contributed by atoms with Gasteiger partial charge in [-0.05, 0) is 38.0 Å². The van der Waals surface area contributed by atoms with Crippen LogP contribution in [0.15, 0.2) is 53.6 Å². The Labute approximate surface area is 130 Å². The zero-order valence-corrected chi connectivity index (χ0v) is 13.1. The fourth-order valence-corrected chi connectivity index (χ4v) is 2.03. The Balaban J connectivity index is 1.88. The lowest BCUT2D eigenvalue weighted by atomic mass is 10.1. The van der Waals surface area contributed by atoms with Crippen LogP contribution in [-0.2, 0) is 4.79 Å². The van der Waals surface area contributed by atoms with E-state index in [0.29, 0.717) is 5.75 Å². The summed E-state index contributed by atoms with van der Waals surface area (Å²) in [6, 6.07) is 15.5. The van der Waals surface area contributed by atoms with Crippen LogP contribution in [-0.4, -0.2) is 18.2 Å². The Hall–Kier alpha value is -2.62. The van der Waals surface area contributed by atoms with Crippen molar-refractivity contribution >= 4 is 11.6 Å². The second kappa shape index (κ2) is 7.41. The number of hydrazone groups is 1.